The van der Waals surface area contributed by atoms with E-state index in [1.165, 1.54) is 31.0 Å². The van der Waals surface area contributed by atoms with Crippen molar-refractivity contribution in [3.05, 3.63) is 76.1 Å². The van der Waals surface area contributed by atoms with Crippen LogP contribution in [0, 0.1) is 6.92 Å². The number of thioether (sulfide) groups is 1. The average Bonchev–Trinajstić information content (AvgIpc) is 3.32. The molecular formula is C26H30N6O2S. The number of fused-ring (bicyclic) bond motifs is 1. The summed E-state index contributed by atoms with van der Waals surface area (Å²) in [6, 6.07) is 13.6. The molecular weight excluding hydrogens is 460 g/mol. The van der Waals surface area contributed by atoms with Gasteiger partial charge in [0, 0.05) is 23.7 Å². The van der Waals surface area contributed by atoms with Crippen molar-refractivity contribution in [3.8, 4) is 11.4 Å². The van der Waals surface area contributed by atoms with Gasteiger partial charge >= 0.3 is 0 Å². The second-order valence-electron chi connectivity index (χ2n) is 8.96. The van der Waals surface area contributed by atoms with Crippen LogP contribution in [0.15, 0.2) is 58.6 Å². The van der Waals surface area contributed by atoms with E-state index in [1.54, 1.807) is 17.6 Å². The number of hydrogen-bond acceptors (Lipinski definition) is 7. The van der Waals surface area contributed by atoms with Crippen LogP contribution in [0.25, 0.3) is 11.3 Å². The highest BCUT2D eigenvalue weighted by atomic mass is 32.2. The van der Waals surface area contributed by atoms with Crippen molar-refractivity contribution < 1.29 is 4.74 Å². The molecule has 0 radical (unpaired) electrons. The minimum atomic E-state index is -0.0784. The fourth-order valence-electron chi connectivity index (χ4n) is 4.56. The van der Waals surface area contributed by atoms with Gasteiger partial charge in [-0.05, 0) is 75.7 Å². The molecule has 1 aliphatic heterocycles. The van der Waals surface area contributed by atoms with Crippen molar-refractivity contribution in [1.82, 2.24) is 29.0 Å². The molecule has 1 aliphatic rings. The van der Waals surface area contributed by atoms with Crippen LogP contribution in [0.1, 0.15) is 49.3 Å². The molecule has 0 bridgehead atoms. The normalized spacial score (nSPS) is 15.4. The molecule has 5 rings (SSSR count). The van der Waals surface area contributed by atoms with E-state index in [2.05, 4.69) is 26.6 Å². The van der Waals surface area contributed by atoms with E-state index >= 15 is 0 Å². The van der Waals surface area contributed by atoms with Crippen LogP contribution in [0.4, 0.5) is 0 Å². The maximum absolute atomic E-state index is 12.6. The second-order valence-corrected chi connectivity index (χ2v) is 9.90. The molecule has 0 unspecified atom stereocenters. The molecule has 0 spiro atoms. The van der Waals surface area contributed by atoms with Gasteiger partial charge in [0.05, 0.1) is 18.8 Å². The zero-order chi connectivity index (χ0) is 24.4. The first kappa shape index (κ1) is 23.6. The molecule has 4 aromatic rings. The molecule has 0 N–H and O–H groups in total. The monoisotopic (exact) mass is 490 g/mol. The number of methoxy groups -OCH3 is 1. The molecule has 4 heterocycles. The van der Waals surface area contributed by atoms with Gasteiger partial charge in [0.2, 0.25) is 0 Å². The van der Waals surface area contributed by atoms with Crippen molar-refractivity contribution >= 4 is 17.4 Å². The zero-order valence-electron chi connectivity index (χ0n) is 20.3. The fraction of sp³-hybridized carbons (Fsp3) is 0.385. The number of ether oxygens (including phenoxy) is 1. The van der Waals surface area contributed by atoms with Gasteiger partial charge in [-0.2, -0.15) is 0 Å². The minimum Gasteiger partial charge on any atom is -0.497 e. The summed E-state index contributed by atoms with van der Waals surface area (Å²) in [7, 11) is 1.67. The third-order valence-corrected chi connectivity index (χ3v) is 7.47. The standard InChI is InChI=1S/C26H30N6O2S/c1-18-7-12-23-27-20(15-24(33)31(23)16-18)17-35-26-29-28-25(19(2)30-13-5-4-6-14-30)32(26)21-8-10-22(34-3)11-9-21/h7-12,15-16,19H,4-6,13-14,17H2,1-3H3/t19-/m0/s1. The lowest BCUT2D eigenvalue weighted by Crippen LogP contribution is -2.33. The van der Waals surface area contributed by atoms with Crippen molar-refractivity contribution in [2.75, 3.05) is 20.2 Å². The Labute approximate surface area is 209 Å². The van der Waals surface area contributed by atoms with Crippen LogP contribution in [0.5, 0.6) is 5.75 Å². The highest BCUT2D eigenvalue weighted by molar-refractivity contribution is 7.98. The molecule has 3 aromatic heterocycles. The Balaban J connectivity index is 1.47. The van der Waals surface area contributed by atoms with Crippen molar-refractivity contribution in [2.45, 2.75) is 50.1 Å². The van der Waals surface area contributed by atoms with Crippen LogP contribution in [0.2, 0.25) is 0 Å². The van der Waals surface area contributed by atoms with E-state index in [1.807, 2.05) is 49.5 Å². The number of rotatable bonds is 7. The van der Waals surface area contributed by atoms with Crippen LogP contribution in [-0.2, 0) is 5.75 Å². The van der Waals surface area contributed by atoms with Gasteiger partial charge in [-0.15, -0.1) is 10.2 Å². The van der Waals surface area contributed by atoms with Crippen LogP contribution in [0.3, 0.4) is 0 Å². The van der Waals surface area contributed by atoms with E-state index in [0.717, 1.165) is 46.8 Å². The van der Waals surface area contributed by atoms with E-state index in [-0.39, 0.29) is 11.6 Å². The summed E-state index contributed by atoms with van der Waals surface area (Å²) in [5, 5.41) is 9.98. The smallest absolute Gasteiger partial charge is 0.258 e. The Kier molecular flexibility index (Phi) is 6.88. The van der Waals surface area contributed by atoms with E-state index in [4.69, 9.17) is 9.72 Å². The summed E-state index contributed by atoms with van der Waals surface area (Å²) in [6.07, 6.45) is 5.53. The number of hydrogen-bond donors (Lipinski definition) is 0. The highest BCUT2D eigenvalue weighted by Gasteiger charge is 2.25. The molecule has 1 aromatic carbocycles. The number of benzene rings is 1. The molecule has 182 valence electrons. The minimum absolute atomic E-state index is 0.0784. The third-order valence-electron chi connectivity index (χ3n) is 6.51. The molecule has 35 heavy (non-hydrogen) atoms. The Morgan fingerprint density at radius 3 is 2.57 bits per heavy atom. The topological polar surface area (TPSA) is 77.5 Å². The van der Waals surface area contributed by atoms with Crippen LogP contribution in [-0.4, -0.2) is 49.2 Å². The van der Waals surface area contributed by atoms with E-state index in [9.17, 15) is 4.79 Å². The average molecular weight is 491 g/mol. The van der Waals surface area contributed by atoms with Gasteiger partial charge in [-0.3, -0.25) is 18.7 Å². The summed E-state index contributed by atoms with van der Waals surface area (Å²) in [6.45, 7) is 6.31. The van der Waals surface area contributed by atoms with E-state index in [0.29, 0.717) is 11.4 Å². The Morgan fingerprint density at radius 2 is 1.83 bits per heavy atom. The van der Waals surface area contributed by atoms with Gasteiger partial charge < -0.3 is 4.74 Å². The van der Waals surface area contributed by atoms with Crippen LogP contribution >= 0.6 is 11.8 Å². The number of aryl methyl sites for hydroxylation is 1. The molecule has 1 saturated heterocycles. The first-order valence-corrected chi connectivity index (χ1v) is 13.0. The van der Waals surface area contributed by atoms with Crippen molar-refractivity contribution in [1.29, 1.82) is 0 Å². The SMILES string of the molecule is COc1ccc(-n2c(SCc3cc(=O)n4cc(C)ccc4n3)nnc2[C@H](C)N2CCCCC2)cc1. The molecule has 8 nitrogen and oxygen atoms in total. The summed E-state index contributed by atoms with van der Waals surface area (Å²) in [5.41, 5.74) is 3.30. The number of aromatic nitrogens is 5. The lowest BCUT2D eigenvalue weighted by molar-refractivity contribution is 0.167. The van der Waals surface area contributed by atoms with Gasteiger partial charge in [-0.1, -0.05) is 24.2 Å². The molecule has 1 fully saturated rings. The van der Waals surface area contributed by atoms with Gasteiger partial charge in [-0.25, -0.2) is 4.98 Å². The largest absolute Gasteiger partial charge is 0.497 e. The number of likely N-dealkylation sites (tertiary alicyclic amines) is 1. The Hall–Kier alpha value is -3.17. The molecule has 0 aliphatic carbocycles. The fourth-order valence-corrected chi connectivity index (χ4v) is 5.41. The quantitative estimate of drug-likeness (QED) is 0.355. The third kappa shape index (κ3) is 4.97. The molecule has 0 amide bonds. The number of pyridine rings is 1. The maximum atomic E-state index is 12.6. The molecule has 9 heteroatoms. The lowest BCUT2D eigenvalue weighted by atomic mass is 10.1. The lowest BCUT2D eigenvalue weighted by Gasteiger charge is -2.31. The predicted molar refractivity (Wildman–Crippen MR) is 138 cm³/mol. The summed E-state index contributed by atoms with van der Waals surface area (Å²) in [5.74, 6) is 2.24. The summed E-state index contributed by atoms with van der Waals surface area (Å²) >= 11 is 1.54. The van der Waals surface area contributed by atoms with Gasteiger partial charge in [0.1, 0.15) is 11.4 Å². The molecule has 0 saturated carbocycles. The van der Waals surface area contributed by atoms with Gasteiger partial charge in [0.25, 0.3) is 5.56 Å². The van der Waals surface area contributed by atoms with E-state index < -0.39 is 0 Å². The second kappa shape index (κ2) is 10.2. The van der Waals surface area contributed by atoms with Crippen LogP contribution < -0.4 is 10.3 Å². The van der Waals surface area contributed by atoms with Crippen molar-refractivity contribution in [2.24, 2.45) is 0 Å². The first-order valence-electron chi connectivity index (χ1n) is 12.0. The van der Waals surface area contributed by atoms with Gasteiger partial charge in [0.15, 0.2) is 11.0 Å². The highest BCUT2D eigenvalue weighted by Crippen LogP contribution is 2.31. The molecule has 1 atom stereocenters. The number of nitrogens with zero attached hydrogens (tertiary/aromatic N) is 6. The predicted octanol–water partition coefficient (Wildman–Crippen LogP) is 4.43. The summed E-state index contributed by atoms with van der Waals surface area (Å²) < 4.78 is 9.07. The Morgan fingerprint density at radius 1 is 1.06 bits per heavy atom. The zero-order valence-corrected chi connectivity index (χ0v) is 21.2. The Bertz CT molecular complexity index is 1380. The van der Waals surface area contributed by atoms with Crippen molar-refractivity contribution in [3.63, 3.8) is 0 Å². The first-order chi connectivity index (χ1) is 17.0. The maximum Gasteiger partial charge on any atom is 0.258 e. The number of piperidine rings is 1. The summed E-state index contributed by atoms with van der Waals surface area (Å²) in [4.78, 5) is 19.8.